The van der Waals surface area contributed by atoms with Crippen molar-refractivity contribution in [1.82, 2.24) is 41.2 Å². The minimum Gasteiger partial charge on any atom is -0.368 e. The molecule has 0 radical (unpaired) electrons. The van der Waals surface area contributed by atoms with Crippen molar-refractivity contribution in [2.75, 3.05) is 24.6 Å². The predicted octanol–water partition coefficient (Wildman–Crippen LogP) is -3.88. The van der Waals surface area contributed by atoms with E-state index in [9.17, 15) is 28.8 Å². The zero-order valence-electron chi connectivity index (χ0n) is 28.9. The van der Waals surface area contributed by atoms with Crippen LogP contribution in [0.4, 0.5) is 0 Å². The second kappa shape index (κ2) is 24.1. The van der Waals surface area contributed by atoms with E-state index in [4.69, 9.17) is 34.4 Å². The normalized spacial score (nSPS) is 14.6. The van der Waals surface area contributed by atoms with E-state index >= 15 is 0 Å². The van der Waals surface area contributed by atoms with Crippen LogP contribution in [0.15, 0.2) is 25.0 Å². The van der Waals surface area contributed by atoms with Gasteiger partial charge in [0.15, 0.2) is 0 Å². The van der Waals surface area contributed by atoms with Crippen LogP contribution >= 0.6 is 21.6 Å². The van der Waals surface area contributed by atoms with E-state index in [0.717, 1.165) is 21.6 Å². The zero-order chi connectivity index (χ0) is 38.5. The minimum absolute atomic E-state index is 0.0275. The molecule has 0 aliphatic carbocycles. The first kappa shape index (κ1) is 43.9. The number of nitrogens with two attached hydrogens (primary N) is 6. The molecule has 2 heterocycles. The van der Waals surface area contributed by atoms with Crippen LogP contribution in [-0.4, -0.2) is 116 Å². The molecule has 0 fully saturated rings. The molecule has 0 aliphatic heterocycles. The molecular formula is C30H52N14O6S2. The number of aromatic nitrogens is 4. The smallest absolute Gasteiger partial charge is 0.244 e. The van der Waals surface area contributed by atoms with Gasteiger partial charge in [0, 0.05) is 48.1 Å². The van der Waals surface area contributed by atoms with Gasteiger partial charge in [-0.2, -0.15) is 0 Å². The maximum Gasteiger partial charge on any atom is 0.244 e. The molecule has 6 atom stereocenters. The minimum atomic E-state index is -1.18. The fraction of sp³-hybridized carbons (Fsp3) is 0.600. The second-order valence-corrected chi connectivity index (χ2v) is 14.5. The van der Waals surface area contributed by atoms with E-state index in [1.54, 1.807) is 0 Å². The first-order valence-electron chi connectivity index (χ1n) is 16.8. The number of primary amides is 2. The van der Waals surface area contributed by atoms with Gasteiger partial charge in [-0.1, -0.05) is 34.4 Å². The molecule has 0 bridgehead atoms. The average Bonchev–Trinajstić information content (AvgIpc) is 3.83. The largest absolute Gasteiger partial charge is 0.368 e. The van der Waals surface area contributed by atoms with Crippen molar-refractivity contribution < 1.29 is 28.8 Å². The van der Waals surface area contributed by atoms with Crippen LogP contribution < -0.4 is 55.7 Å². The van der Waals surface area contributed by atoms with Gasteiger partial charge in [0.25, 0.3) is 0 Å². The van der Waals surface area contributed by atoms with E-state index in [1.807, 2.05) is 0 Å². The van der Waals surface area contributed by atoms with Crippen molar-refractivity contribution in [1.29, 1.82) is 0 Å². The summed E-state index contributed by atoms with van der Waals surface area (Å²) in [5, 5.41) is 10.4. The van der Waals surface area contributed by atoms with Crippen molar-refractivity contribution in [2.24, 2.45) is 34.4 Å². The van der Waals surface area contributed by atoms with Gasteiger partial charge in [0.05, 0.1) is 24.7 Å². The molecule has 22 heteroatoms. The summed E-state index contributed by atoms with van der Waals surface area (Å²) in [4.78, 5) is 90.7. The molecule has 2 aromatic heterocycles. The highest BCUT2D eigenvalue weighted by atomic mass is 33.1. The lowest BCUT2D eigenvalue weighted by Gasteiger charge is -2.24. The Labute approximate surface area is 309 Å². The van der Waals surface area contributed by atoms with E-state index < -0.39 is 71.7 Å². The Hall–Kier alpha value is -4.22. The van der Waals surface area contributed by atoms with Crippen LogP contribution in [0.25, 0.3) is 0 Å². The summed E-state index contributed by atoms with van der Waals surface area (Å²) < 4.78 is 0. The molecule has 2 rings (SSSR count). The summed E-state index contributed by atoms with van der Waals surface area (Å²) in [6, 6.07) is -6.45. The SMILES string of the molecule is NCCCC[C@H](N)C(=O)N[C@@H](CSSC[C@H](NC(=O)[C@@H](N)CCCCN)C(=O)N[C@@H](Cc1cnc[nH]1)C(N)=O)C(=O)N[C@@H](Cc1cnc[nH]1)C(N)=O. The highest BCUT2D eigenvalue weighted by molar-refractivity contribution is 8.76. The lowest BCUT2D eigenvalue weighted by atomic mass is 10.1. The molecule has 0 saturated heterocycles. The standard InChI is InChI=1S/C30H52N14O6S2/c31-7-3-1-5-19(33)27(47)43-23(29(49)41-21(25(35)45)9-17-11-37-15-39-17)13-51-52-14-24(44-28(48)20(34)6-2-4-8-32)30(50)42-22(26(36)46)10-18-12-38-16-40-18/h11-12,15-16,19-24H,1-10,13-14,31-34H2,(H2,35,45)(H2,36,46)(H,37,39)(H,38,40)(H,41,49)(H,42,50)(H,43,47)(H,44,48)/t19-,20-,21-,22-,23-,24-/m0/s1. The Morgan fingerprint density at radius 3 is 1.27 bits per heavy atom. The predicted molar refractivity (Wildman–Crippen MR) is 197 cm³/mol. The molecule has 0 aromatic carbocycles. The molecule has 0 aliphatic rings. The summed E-state index contributed by atoms with van der Waals surface area (Å²) in [6.07, 6.45) is 9.05. The van der Waals surface area contributed by atoms with Crippen LogP contribution in [0.5, 0.6) is 0 Å². The van der Waals surface area contributed by atoms with Crippen molar-refractivity contribution >= 4 is 57.0 Å². The number of carbonyl (C=O) groups excluding carboxylic acids is 6. The van der Waals surface area contributed by atoms with E-state index in [-0.39, 0.29) is 24.3 Å². The molecule has 52 heavy (non-hydrogen) atoms. The monoisotopic (exact) mass is 768 g/mol. The number of hydrogen-bond donors (Lipinski definition) is 12. The van der Waals surface area contributed by atoms with Crippen LogP contribution in [0.1, 0.15) is 49.9 Å². The Balaban J connectivity index is 2.17. The fourth-order valence-electron chi connectivity index (χ4n) is 4.66. The number of hydrogen-bond acceptors (Lipinski definition) is 14. The quantitative estimate of drug-likeness (QED) is 0.0306. The van der Waals surface area contributed by atoms with Crippen LogP contribution in [-0.2, 0) is 41.6 Å². The van der Waals surface area contributed by atoms with E-state index in [0.29, 0.717) is 63.0 Å². The Kier molecular flexibility index (Phi) is 20.4. The molecule has 0 spiro atoms. The van der Waals surface area contributed by atoms with Gasteiger partial charge in [0.1, 0.15) is 24.2 Å². The maximum absolute atomic E-state index is 13.5. The lowest BCUT2D eigenvalue weighted by molar-refractivity contribution is -0.131. The van der Waals surface area contributed by atoms with Crippen molar-refractivity contribution in [3.05, 3.63) is 36.4 Å². The number of nitrogens with one attached hydrogen (secondary N) is 6. The van der Waals surface area contributed by atoms with Crippen molar-refractivity contribution in [3.8, 4) is 0 Å². The zero-order valence-corrected chi connectivity index (χ0v) is 30.5. The van der Waals surface area contributed by atoms with Crippen LogP contribution in [0.3, 0.4) is 0 Å². The van der Waals surface area contributed by atoms with Crippen LogP contribution in [0.2, 0.25) is 0 Å². The molecular weight excluding hydrogens is 717 g/mol. The Bertz CT molecular complexity index is 1300. The van der Waals surface area contributed by atoms with Gasteiger partial charge in [-0.05, 0) is 38.8 Å². The third kappa shape index (κ3) is 16.4. The number of amides is 6. The number of carbonyl (C=O) groups is 6. The summed E-state index contributed by atoms with van der Waals surface area (Å²) >= 11 is 0. The third-order valence-electron chi connectivity index (χ3n) is 7.71. The van der Waals surface area contributed by atoms with Crippen molar-refractivity contribution in [2.45, 2.75) is 87.6 Å². The van der Waals surface area contributed by atoms with Gasteiger partial charge in [-0.25, -0.2) is 9.97 Å². The molecule has 2 aromatic rings. The van der Waals surface area contributed by atoms with Gasteiger partial charge in [-0.3, -0.25) is 28.8 Å². The number of H-pyrrole nitrogens is 2. The average molecular weight is 769 g/mol. The molecule has 6 amide bonds. The Morgan fingerprint density at radius 2 is 0.962 bits per heavy atom. The van der Waals surface area contributed by atoms with E-state index in [1.165, 1.54) is 25.0 Å². The molecule has 20 nitrogen and oxygen atoms in total. The molecule has 18 N–H and O–H groups in total. The molecule has 0 saturated carbocycles. The summed E-state index contributed by atoms with van der Waals surface area (Å²) in [6.45, 7) is 0.871. The van der Waals surface area contributed by atoms with Gasteiger partial charge < -0.3 is 65.6 Å². The number of unbranched alkanes of at least 4 members (excludes halogenated alkanes) is 2. The Morgan fingerprint density at radius 1 is 0.596 bits per heavy atom. The highest BCUT2D eigenvalue weighted by Crippen LogP contribution is 2.24. The number of imidazole rings is 2. The molecule has 290 valence electrons. The summed E-state index contributed by atoms with van der Waals surface area (Å²) in [7, 11) is 2.21. The van der Waals surface area contributed by atoms with Gasteiger partial charge >= 0.3 is 0 Å². The molecule has 0 unspecified atom stereocenters. The van der Waals surface area contributed by atoms with Gasteiger partial charge in [0.2, 0.25) is 35.4 Å². The van der Waals surface area contributed by atoms with Gasteiger partial charge in [-0.15, -0.1) is 0 Å². The highest BCUT2D eigenvalue weighted by Gasteiger charge is 2.30. The number of aromatic amines is 2. The number of nitrogens with zero attached hydrogens (tertiary/aromatic N) is 2. The lowest BCUT2D eigenvalue weighted by Crippen LogP contribution is -2.57. The van der Waals surface area contributed by atoms with E-state index in [2.05, 4.69) is 41.2 Å². The first-order valence-corrected chi connectivity index (χ1v) is 19.2. The van der Waals surface area contributed by atoms with Crippen LogP contribution in [0, 0.1) is 0 Å². The third-order valence-corrected chi connectivity index (χ3v) is 10.1. The summed E-state index contributed by atoms with van der Waals surface area (Å²) in [5.41, 5.74) is 35.4. The maximum atomic E-state index is 13.5. The summed E-state index contributed by atoms with van der Waals surface area (Å²) in [5.74, 6) is -4.27. The second-order valence-electron chi connectivity index (χ2n) is 12.0. The van der Waals surface area contributed by atoms with Crippen molar-refractivity contribution in [3.63, 3.8) is 0 Å². The fourth-order valence-corrected chi connectivity index (χ4v) is 6.99. The number of rotatable bonds is 27. The first-order chi connectivity index (χ1) is 24.9. The topological polar surface area (TPSA) is 364 Å².